The molecule has 1 heteroatoms. The van der Waals surface area contributed by atoms with Crippen LogP contribution < -0.4 is 0 Å². The first-order valence-corrected chi connectivity index (χ1v) is 4.69. The standard InChI is InChI=1S/C12H17N/c1-8(2)10-6-5-7-11(13)12(10)9(3)4/h5-8,13H,1-4H3. The molecule has 1 rings (SSSR count). The molecule has 0 bridgehead atoms. The van der Waals surface area contributed by atoms with Crippen molar-refractivity contribution in [3.8, 4) is 0 Å². The van der Waals surface area contributed by atoms with Gasteiger partial charge >= 0.3 is 0 Å². The molecule has 0 radical (unpaired) electrons. The van der Waals surface area contributed by atoms with E-state index >= 15 is 0 Å². The molecule has 0 saturated heterocycles. The third-order valence-corrected chi connectivity index (χ3v) is 2.22. The Hall–Kier alpha value is -1.11. The van der Waals surface area contributed by atoms with Gasteiger partial charge < -0.3 is 5.41 Å². The molecule has 1 aliphatic rings. The SMILES string of the molecule is CC(C)=C1C(=N)C=CC=C1C(C)C. The van der Waals surface area contributed by atoms with Gasteiger partial charge in [-0.15, -0.1) is 0 Å². The van der Waals surface area contributed by atoms with Gasteiger partial charge in [-0.1, -0.05) is 31.6 Å². The summed E-state index contributed by atoms with van der Waals surface area (Å²) >= 11 is 0. The van der Waals surface area contributed by atoms with E-state index in [4.69, 9.17) is 5.41 Å². The predicted molar refractivity (Wildman–Crippen MR) is 58.2 cm³/mol. The molecule has 0 aromatic carbocycles. The van der Waals surface area contributed by atoms with Gasteiger partial charge in [0.2, 0.25) is 0 Å². The zero-order chi connectivity index (χ0) is 10.0. The van der Waals surface area contributed by atoms with E-state index in [-0.39, 0.29) is 0 Å². The summed E-state index contributed by atoms with van der Waals surface area (Å²) in [6.45, 7) is 8.47. The maximum Gasteiger partial charge on any atom is 0.0614 e. The van der Waals surface area contributed by atoms with E-state index in [0.717, 1.165) is 5.57 Å². The number of rotatable bonds is 1. The number of hydrogen-bond donors (Lipinski definition) is 1. The van der Waals surface area contributed by atoms with Crippen LogP contribution in [0.15, 0.2) is 34.9 Å². The Balaban J connectivity index is 3.19. The second-order valence-electron chi connectivity index (χ2n) is 3.92. The van der Waals surface area contributed by atoms with Crippen molar-refractivity contribution >= 4 is 5.71 Å². The minimum Gasteiger partial charge on any atom is -0.300 e. The van der Waals surface area contributed by atoms with Crippen LogP contribution in [0.4, 0.5) is 0 Å². The van der Waals surface area contributed by atoms with Gasteiger partial charge in [-0.2, -0.15) is 0 Å². The van der Waals surface area contributed by atoms with E-state index in [1.165, 1.54) is 11.1 Å². The Labute approximate surface area is 80.4 Å². The molecule has 0 spiro atoms. The van der Waals surface area contributed by atoms with Crippen LogP contribution in [-0.4, -0.2) is 5.71 Å². The monoisotopic (exact) mass is 175 g/mol. The highest BCUT2D eigenvalue weighted by atomic mass is 14.4. The molecule has 70 valence electrons. The lowest BCUT2D eigenvalue weighted by molar-refractivity contribution is 0.782. The van der Waals surface area contributed by atoms with Crippen LogP contribution in [0.2, 0.25) is 0 Å². The van der Waals surface area contributed by atoms with Crippen molar-refractivity contribution in [2.24, 2.45) is 5.92 Å². The van der Waals surface area contributed by atoms with Crippen LogP contribution in [-0.2, 0) is 0 Å². The van der Waals surface area contributed by atoms with Crippen molar-refractivity contribution < 1.29 is 0 Å². The lowest BCUT2D eigenvalue weighted by atomic mass is 9.86. The fraction of sp³-hybridized carbons (Fsp3) is 0.417. The van der Waals surface area contributed by atoms with Gasteiger partial charge in [0.25, 0.3) is 0 Å². The predicted octanol–water partition coefficient (Wildman–Crippen LogP) is 3.49. The summed E-state index contributed by atoms with van der Waals surface area (Å²) in [7, 11) is 0. The van der Waals surface area contributed by atoms with Crippen molar-refractivity contribution in [2.75, 3.05) is 0 Å². The van der Waals surface area contributed by atoms with E-state index in [0.29, 0.717) is 11.6 Å². The van der Waals surface area contributed by atoms with Gasteiger partial charge in [0, 0.05) is 5.57 Å². The van der Waals surface area contributed by atoms with Crippen LogP contribution in [0.3, 0.4) is 0 Å². The highest BCUT2D eigenvalue weighted by molar-refractivity contribution is 6.11. The smallest absolute Gasteiger partial charge is 0.0614 e. The first-order valence-electron chi connectivity index (χ1n) is 4.69. The van der Waals surface area contributed by atoms with Crippen molar-refractivity contribution in [3.63, 3.8) is 0 Å². The highest BCUT2D eigenvalue weighted by Gasteiger charge is 2.15. The van der Waals surface area contributed by atoms with E-state index in [2.05, 4.69) is 33.8 Å². The summed E-state index contributed by atoms with van der Waals surface area (Å²) < 4.78 is 0. The average Bonchev–Trinajstić information content (AvgIpc) is 2.02. The lowest BCUT2D eigenvalue weighted by Crippen LogP contribution is -2.10. The van der Waals surface area contributed by atoms with E-state index in [1.54, 1.807) is 0 Å². The Morgan fingerprint density at radius 2 is 1.92 bits per heavy atom. The summed E-state index contributed by atoms with van der Waals surface area (Å²) in [4.78, 5) is 0. The minimum atomic E-state index is 0.496. The van der Waals surface area contributed by atoms with Gasteiger partial charge in [0.1, 0.15) is 0 Å². The fourth-order valence-electron chi connectivity index (χ4n) is 1.61. The van der Waals surface area contributed by atoms with Crippen LogP contribution in [0.1, 0.15) is 27.7 Å². The van der Waals surface area contributed by atoms with Gasteiger partial charge in [-0.05, 0) is 31.4 Å². The molecule has 0 fully saturated rings. The molecule has 1 aliphatic carbocycles. The summed E-state index contributed by atoms with van der Waals surface area (Å²) in [6, 6.07) is 0. The van der Waals surface area contributed by atoms with Gasteiger partial charge in [-0.25, -0.2) is 0 Å². The molecule has 1 N–H and O–H groups in total. The van der Waals surface area contributed by atoms with Gasteiger partial charge in [-0.3, -0.25) is 0 Å². The summed E-state index contributed by atoms with van der Waals surface area (Å²) in [5.41, 5.74) is 4.28. The fourth-order valence-corrected chi connectivity index (χ4v) is 1.61. The normalized spacial score (nSPS) is 16.5. The quantitative estimate of drug-likeness (QED) is 0.630. The minimum absolute atomic E-state index is 0.496. The van der Waals surface area contributed by atoms with Crippen molar-refractivity contribution in [1.29, 1.82) is 5.41 Å². The van der Waals surface area contributed by atoms with E-state index < -0.39 is 0 Å². The van der Waals surface area contributed by atoms with Crippen LogP contribution in [0.25, 0.3) is 0 Å². The Morgan fingerprint density at radius 1 is 1.31 bits per heavy atom. The number of nitrogens with one attached hydrogen (secondary N) is 1. The molecule has 0 saturated carbocycles. The topological polar surface area (TPSA) is 23.9 Å². The first kappa shape index (κ1) is 9.97. The maximum atomic E-state index is 7.81. The molecule has 0 atom stereocenters. The Kier molecular flexibility index (Phi) is 2.86. The van der Waals surface area contributed by atoms with Crippen molar-refractivity contribution in [2.45, 2.75) is 27.7 Å². The molecule has 0 aliphatic heterocycles. The molecule has 0 aromatic rings. The highest BCUT2D eigenvalue weighted by Crippen LogP contribution is 2.26. The molecular weight excluding hydrogens is 158 g/mol. The molecule has 13 heavy (non-hydrogen) atoms. The largest absolute Gasteiger partial charge is 0.300 e. The third-order valence-electron chi connectivity index (χ3n) is 2.22. The van der Waals surface area contributed by atoms with Crippen LogP contribution in [0.5, 0.6) is 0 Å². The number of hydrogen-bond acceptors (Lipinski definition) is 1. The van der Waals surface area contributed by atoms with Gasteiger partial charge in [0.05, 0.1) is 5.71 Å². The zero-order valence-corrected chi connectivity index (χ0v) is 8.81. The Bertz CT molecular complexity index is 310. The Morgan fingerprint density at radius 3 is 2.31 bits per heavy atom. The van der Waals surface area contributed by atoms with Gasteiger partial charge in [0.15, 0.2) is 0 Å². The summed E-state index contributed by atoms with van der Waals surface area (Å²) in [5.74, 6) is 0.496. The maximum absolute atomic E-state index is 7.81. The van der Waals surface area contributed by atoms with Crippen LogP contribution in [0, 0.1) is 11.3 Å². The average molecular weight is 175 g/mol. The zero-order valence-electron chi connectivity index (χ0n) is 8.81. The summed E-state index contributed by atoms with van der Waals surface area (Å²) in [5, 5.41) is 7.81. The third kappa shape index (κ3) is 1.97. The molecule has 0 unspecified atom stereocenters. The number of allylic oxidation sites excluding steroid dienone is 6. The first-order chi connectivity index (χ1) is 6.04. The van der Waals surface area contributed by atoms with Crippen molar-refractivity contribution in [3.05, 3.63) is 34.9 Å². The molecule has 1 nitrogen and oxygen atoms in total. The second kappa shape index (κ2) is 3.73. The second-order valence-corrected chi connectivity index (χ2v) is 3.92. The van der Waals surface area contributed by atoms with E-state index in [9.17, 15) is 0 Å². The molecular formula is C12H17N. The lowest BCUT2D eigenvalue weighted by Gasteiger charge is -2.19. The summed E-state index contributed by atoms with van der Waals surface area (Å²) in [6.07, 6.45) is 5.93. The molecule has 0 amide bonds. The van der Waals surface area contributed by atoms with E-state index in [1.807, 2.05) is 12.2 Å². The molecule has 0 aromatic heterocycles. The van der Waals surface area contributed by atoms with Crippen LogP contribution >= 0.6 is 0 Å². The molecule has 0 heterocycles. The van der Waals surface area contributed by atoms with Crippen molar-refractivity contribution in [1.82, 2.24) is 0 Å².